The number of benzene rings is 1. The molecule has 8 heteroatoms. The maximum Gasteiger partial charge on any atom is 0.236 e. The molecule has 1 amide bonds. The van der Waals surface area contributed by atoms with Crippen LogP contribution < -0.4 is 5.32 Å². The van der Waals surface area contributed by atoms with Crippen molar-refractivity contribution in [2.24, 2.45) is 0 Å². The van der Waals surface area contributed by atoms with Crippen molar-refractivity contribution >= 4 is 50.7 Å². The number of aryl methyl sites for hydroxylation is 3. The van der Waals surface area contributed by atoms with Gasteiger partial charge in [-0.25, -0.2) is 4.98 Å². The lowest BCUT2D eigenvalue weighted by atomic mass is 10.0. The molecule has 0 radical (unpaired) electrons. The van der Waals surface area contributed by atoms with E-state index in [1.165, 1.54) is 39.6 Å². The molecule has 4 aromatic rings. The Morgan fingerprint density at radius 1 is 1.19 bits per heavy atom. The largest absolute Gasteiger partial charge is 0.301 e. The first-order valence-electron chi connectivity index (χ1n) is 8.11. The highest BCUT2D eigenvalue weighted by Gasteiger charge is 2.15. The molecule has 1 aromatic carbocycles. The minimum atomic E-state index is -0.106. The van der Waals surface area contributed by atoms with E-state index in [1.807, 2.05) is 16.7 Å². The molecule has 0 fully saturated rings. The molecule has 0 saturated heterocycles. The zero-order chi connectivity index (χ0) is 18.3. The van der Waals surface area contributed by atoms with Gasteiger partial charge in [-0.2, -0.15) is 0 Å². The van der Waals surface area contributed by atoms with E-state index in [0.717, 1.165) is 16.7 Å². The van der Waals surface area contributed by atoms with Crippen LogP contribution in [0.3, 0.4) is 0 Å². The Labute approximate surface area is 158 Å². The van der Waals surface area contributed by atoms with Gasteiger partial charge in [0.2, 0.25) is 5.91 Å². The van der Waals surface area contributed by atoms with Crippen molar-refractivity contribution in [3.63, 3.8) is 0 Å². The van der Waals surface area contributed by atoms with E-state index < -0.39 is 0 Å². The second-order valence-electron chi connectivity index (χ2n) is 6.16. The first-order chi connectivity index (χ1) is 12.5. The van der Waals surface area contributed by atoms with E-state index in [0.29, 0.717) is 10.3 Å². The molecular formula is C18H17N5OS2. The molecule has 26 heavy (non-hydrogen) atoms. The normalized spacial score (nSPS) is 11.3. The van der Waals surface area contributed by atoms with Gasteiger partial charge in [-0.05, 0) is 49.6 Å². The van der Waals surface area contributed by atoms with Crippen LogP contribution in [0.2, 0.25) is 0 Å². The van der Waals surface area contributed by atoms with Crippen molar-refractivity contribution < 1.29 is 4.79 Å². The van der Waals surface area contributed by atoms with Crippen molar-refractivity contribution in [2.45, 2.75) is 25.9 Å². The minimum absolute atomic E-state index is 0.106. The third-order valence-corrected chi connectivity index (χ3v) is 5.73. The Hall–Kier alpha value is -2.45. The lowest BCUT2D eigenvalue weighted by Crippen LogP contribution is -2.14. The first kappa shape index (κ1) is 17.0. The van der Waals surface area contributed by atoms with E-state index in [9.17, 15) is 4.79 Å². The zero-order valence-corrected chi connectivity index (χ0v) is 16.2. The van der Waals surface area contributed by atoms with Gasteiger partial charge in [0.1, 0.15) is 0 Å². The maximum atomic E-state index is 12.2. The van der Waals surface area contributed by atoms with Gasteiger partial charge in [-0.3, -0.25) is 9.20 Å². The molecule has 3 aromatic heterocycles. The summed E-state index contributed by atoms with van der Waals surface area (Å²) in [6, 6.07) is 6.46. The number of thioether (sulfide) groups is 1. The topological polar surface area (TPSA) is 72.2 Å². The monoisotopic (exact) mass is 383 g/mol. The molecule has 3 heterocycles. The highest BCUT2D eigenvalue weighted by Crippen LogP contribution is 2.28. The molecule has 0 unspecified atom stereocenters. The Balaban J connectivity index is 1.70. The van der Waals surface area contributed by atoms with Crippen LogP contribution in [0.5, 0.6) is 0 Å². The van der Waals surface area contributed by atoms with E-state index in [-0.39, 0.29) is 11.7 Å². The predicted octanol–water partition coefficient (Wildman–Crippen LogP) is 4.00. The summed E-state index contributed by atoms with van der Waals surface area (Å²) in [6.07, 6.45) is 1.67. The molecule has 0 bridgehead atoms. The standard InChI is InChI=1S/C18H17N5OS2/c1-10-6-11(2)13-8-12(3)16-21-22-18(23(16)14(13)7-10)26-9-15(24)20-17-19-4-5-25-17/h4-8H,9H2,1-3H3,(H,19,20,24). The van der Waals surface area contributed by atoms with Gasteiger partial charge in [-0.1, -0.05) is 17.8 Å². The third-order valence-electron chi connectivity index (χ3n) is 4.11. The fourth-order valence-corrected chi connectivity index (χ4v) is 4.31. The molecule has 1 N–H and O–H groups in total. The van der Waals surface area contributed by atoms with Gasteiger partial charge in [0, 0.05) is 17.0 Å². The van der Waals surface area contributed by atoms with Crippen LogP contribution in [0.25, 0.3) is 16.6 Å². The number of hydrogen-bond donors (Lipinski definition) is 1. The molecule has 0 aliphatic heterocycles. The second kappa shape index (κ2) is 6.69. The molecule has 0 aliphatic carbocycles. The third kappa shape index (κ3) is 3.06. The van der Waals surface area contributed by atoms with E-state index >= 15 is 0 Å². The number of thiazole rings is 1. The van der Waals surface area contributed by atoms with Crippen molar-refractivity contribution in [3.05, 3.63) is 46.5 Å². The lowest BCUT2D eigenvalue weighted by molar-refractivity contribution is -0.113. The number of carbonyl (C=O) groups is 1. The van der Waals surface area contributed by atoms with E-state index in [2.05, 4.69) is 52.5 Å². The molecule has 0 spiro atoms. The molecule has 6 nitrogen and oxygen atoms in total. The summed E-state index contributed by atoms with van der Waals surface area (Å²) in [5, 5.41) is 15.8. The molecular weight excluding hydrogens is 366 g/mol. The number of rotatable bonds is 4. The van der Waals surface area contributed by atoms with Crippen molar-refractivity contribution in [3.8, 4) is 0 Å². The lowest BCUT2D eigenvalue weighted by Gasteiger charge is -2.10. The number of nitrogens with one attached hydrogen (secondary N) is 1. The summed E-state index contributed by atoms with van der Waals surface area (Å²) < 4.78 is 2.05. The first-order valence-corrected chi connectivity index (χ1v) is 9.97. The quantitative estimate of drug-likeness (QED) is 0.539. The fourth-order valence-electron chi connectivity index (χ4n) is 3.02. The second-order valence-corrected chi connectivity index (χ2v) is 7.99. The number of carbonyl (C=O) groups excluding carboxylic acids is 1. The molecule has 0 atom stereocenters. The number of aromatic nitrogens is 4. The zero-order valence-electron chi connectivity index (χ0n) is 14.6. The van der Waals surface area contributed by atoms with Gasteiger partial charge in [0.15, 0.2) is 15.9 Å². The number of fused-ring (bicyclic) bond motifs is 3. The number of amides is 1. The number of hydrogen-bond acceptors (Lipinski definition) is 6. The Morgan fingerprint density at radius 2 is 2.04 bits per heavy atom. The molecule has 132 valence electrons. The Kier molecular flexibility index (Phi) is 4.37. The minimum Gasteiger partial charge on any atom is -0.301 e. The summed E-state index contributed by atoms with van der Waals surface area (Å²) in [4.78, 5) is 16.2. The van der Waals surface area contributed by atoms with Crippen LogP contribution in [-0.2, 0) is 4.79 Å². The molecule has 4 rings (SSSR count). The van der Waals surface area contributed by atoms with Gasteiger partial charge >= 0.3 is 0 Å². The summed E-state index contributed by atoms with van der Waals surface area (Å²) >= 11 is 2.77. The Bertz CT molecular complexity index is 1120. The average molecular weight is 384 g/mol. The van der Waals surface area contributed by atoms with E-state index in [1.54, 1.807) is 6.20 Å². The summed E-state index contributed by atoms with van der Waals surface area (Å²) in [5.41, 5.74) is 5.36. The number of pyridine rings is 1. The van der Waals surface area contributed by atoms with Crippen molar-refractivity contribution in [2.75, 3.05) is 11.1 Å². The van der Waals surface area contributed by atoms with Crippen molar-refractivity contribution in [1.82, 2.24) is 19.6 Å². The summed E-state index contributed by atoms with van der Waals surface area (Å²) in [5.74, 6) is 0.145. The molecule has 0 aliphatic rings. The highest BCUT2D eigenvalue weighted by molar-refractivity contribution is 7.99. The van der Waals surface area contributed by atoms with Crippen molar-refractivity contribution in [1.29, 1.82) is 0 Å². The smallest absolute Gasteiger partial charge is 0.236 e. The van der Waals surface area contributed by atoms with Gasteiger partial charge in [0.25, 0.3) is 0 Å². The average Bonchev–Trinajstić information content (AvgIpc) is 3.24. The highest BCUT2D eigenvalue weighted by atomic mass is 32.2. The predicted molar refractivity (Wildman–Crippen MR) is 106 cm³/mol. The summed E-state index contributed by atoms with van der Waals surface area (Å²) in [7, 11) is 0. The van der Waals surface area contributed by atoms with Crippen LogP contribution in [0.15, 0.2) is 34.9 Å². The van der Waals surface area contributed by atoms with Gasteiger partial charge < -0.3 is 5.32 Å². The van der Waals surface area contributed by atoms with Crippen LogP contribution in [0, 0.1) is 20.8 Å². The van der Waals surface area contributed by atoms with Crippen LogP contribution in [-0.4, -0.2) is 31.2 Å². The summed E-state index contributed by atoms with van der Waals surface area (Å²) in [6.45, 7) is 6.22. The molecule has 0 saturated carbocycles. The van der Waals surface area contributed by atoms with Crippen LogP contribution in [0.4, 0.5) is 5.13 Å². The van der Waals surface area contributed by atoms with Crippen LogP contribution >= 0.6 is 23.1 Å². The fraction of sp³-hybridized carbons (Fsp3) is 0.222. The van der Waals surface area contributed by atoms with E-state index in [4.69, 9.17) is 0 Å². The maximum absolute atomic E-state index is 12.2. The van der Waals surface area contributed by atoms with Gasteiger partial charge in [-0.15, -0.1) is 21.5 Å². The SMILES string of the molecule is Cc1cc(C)c2cc(C)c3nnc(SCC(=O)Nc4nccs4)n3c2c1. The Morgan fingerprint density at radius 3 is 2.81 bits per heavy atom. The number of anilines is 1. The van der Waals surface area contributed by atoms with Gasteiger partial charge in [0.05, 0.1) is 11.3 Å². The number of nitrogens with zero attached hydrogens (tertiary/aromatic N) is 4. The van der Waals surface area contributed by atoms with Crippen LogP contribution in [0.1, 0.15) is 16.7 Å².